The summed E-state index contributed by atoms with van der Waals surface area (Å²) in [5, 5.41) is 0. The Bertz CT molecular complexity index is 865. The lowest BCUT2D eigenvalue weighted by molar-refractivity contribution is -0.929. The second-order valence-electron chi connectivity index (χ2n) is 7.21. The summed E-state index contributed by atoms with van der Waals surface area (Å²) >= 11 is 0. The van der Waals surface area contributed by atoms with E-state index in [-0.39, 0.29) is 17.8 Å². The molecule has 3 nitrogen and oxygen atoms in total. The second-order valence-corrected chi connectivity index (χ2v) is 7.21. The second kappa shape index (κ2) is 8.36. The largest absolute Gasteiger partial charge is 0.327 e. The van der Waals surface area contributed by atoms with Gasteiger partial charge in [0.1, 0.15) is 11.9 Å². The molecule has 28 heavy (non-hydrogen) atoms. The summed E-state index contributed by atoms with van der Waals surface area (Å²) in [4.78, 5) is 16.1. The number of benzene rings is 3. The topological polar surface area (TPSA) is 24.8 Å². The van der Waals surface area contributed by atoms with Crippen LogP contribution in [0, 0.1) is 5.82 Å². The van der Waals surface area contributed by atoms with Crippen LogP contribution in [0.4, 0.5) is 4.39 Å². The molecule has 1 saturated heterocycles. The van der Waals surface area contributed by atoms with Gasteiger partial charge in [-0.05, 0) is 24.3 Å². The fourth-order valence-corrected chi connectivity index (χ4v) is 4.02. The van der Waals surface area contributed by atoms with Gasteiger partial charge >= 0.3 is 0 Å². The van der Waals surface area contributed by atoms with Crippen LogP contribution in [0.3, 0.4) is 0 Å². The average molecular weight is 375 g/mol. The fourth-order valence-electron chi connectivity index (χ4n) is 4.02. The van der Waals surface area contributed by atoms with Crippen molar-refractivity contribution in [2.24, 2.45) is 0 Å². The van der Waals surface area contributed by atoms with E-state index in [0.717, 1.165) is 13.1 Å². The van der Waals surface area contributed by atoms with E-state index >= 15 is 0 Å². The van der Waals surface area contributed by atoms with Crippen LogP contribution in [-0.4, -0.2) is 37.0 Å². The Morgan fingerprint density at radius 2 is 1.29 bits per heavy atom. The molecule has 3 aromatic carbocycles. The number of carbonyl (C=O) groups is 1. The van der Waals surface area contributed by atoms with E-state index in [1.807, 2.05) is 17.0 Å². The molecule has 4 heteroatoms. The summed E-state index contributed by atoms with van der Waals surface area (Å²) < 4.78 is 13.1. The van der Waals surface area contributed by atoms with E-state index < -0.39 is 0 Å². The van der Waals surface area contributed by atoms with Gasteiger partial charge in [0, 0.05) is 16.7 Å². The van der Waals surface area contributed by atoms with Gasteiger partial charge in [0.15, 0.2) is 0 Å². The molecule has 0 unspecified atom stereocenters. The van der Waals surface area contributed by atoms with E-state index in [1.165, 1.54) is 28.2 Å². The molecule has 0 aliphatic carbocycles. The summed E-state index contributed by atoms with van der Waals surface area (Å²) in [5.74, 6) is -0.339. The Labute approximate surface area is 165 Å². The molecule has 0 aromatic heterocycles. The van der Waals surface area contributed by atoms with Crippen LogP contribution in [0.5, 0.6) is 0 Å². The monoisotopic (exact) mass is 375 g/mol. The van der Waals surface area contributed by atoms with Crippen molar-refractivity contribution in [3.8, 4) is 0 Å². The normalized spacial score (nSPS) is 15.0. The van der Waals surface area contributed by atoms with Crippen LogP contribution < -0.4 is 4.90 Å². The Morgan fingerprint density at radius 1 is 0.786 bits per heavy atom. The van der Waals surface area contributed by atoms with Crippen molar-refractivity contribution in [3.63, 3.8) is 0 Å². The highest BCUT2D eigenvalue weighted by Gasteiger charge is 2.31. The lowest BCUT2D eigenvalue weighted by Gasteiger charge is -2.37. The maximum atomic E-state index is 13.1. The molecule has 1 aliphatic rings. The average Bonchev–Trinajstić information content (AvgIpc) is 2.76. The predicted octanol–water partition coefficient (Wildman–Crippen LogP) is 2.96. The van der Waals surface area contributed by atoms with Gasteiger partial charge in [-0.25, -0.2) is 4.39 Å². The highest BCUT2D eigenvalue weighted by molar-refractivity contribution is 5.94. The number of quaternary nitrogens is 1. The van der Waals surface area contributed by atoms with Crippen LogP contribution in [0.1, 0.15) is 27.5 Å². The lowest BCUT2D eigenvalue weighted by Crippen LogP contribution is -3.15. The van der Waals surface area contributed by atoms with Gasteiger partial charge in [0.25, 0.3) is 5.91 Å². The molecule has 0 spiro atoms. The van der Waals surface area contributed by atoms with E-state index in [4.69, 9.17) is 0 Å². The van der Waals surface area contributed by atoms with Gasteiger partial charge in [0.05, 0.1) is 26.2 Å². The van der Waals surface area contributed by atoms with Crippen molar-refractivity contribution in [1.82, 2.24) is 4.90 Å². The molecule has 0 atom stereocenters. The van der Waals surface area contributed by atoms with Crippen molar-refractivity contribution in [3.05, 3.63) is 107 Å². The quantitative estimate of drug-likeness (QED) is 0.745. The summed E-state index contributed by atoms with van der Waals surface area (Å²) in [6, 6.07) is 27.2. The van der Waals surface area contributed by atoms with Crippen molar-refractivity contribution in [2.75, 3.05) is 26.2 Å². The highest BCUT2D eigenvalue weighted by Crippen LogP contribution is 2.19. The standard InChI is InChI=1S/C24H23FN2O/c25-22-13-11-21(12-14-22)24(28)27-17-15-26(16-18-27)23(19-7-3-1-4-8-19)20-9-5-2-6-10-20/h1-14,23H,15-18H2/p+1. The van der Waals surface area contributed by atoms with Crippen LogP contribution in [0.25, 0.3) is 0 Å². The van der Waals surface area contributed by atoms with E-state index in [9.17, 15) is 9.18 Å². The van der Waals surface area contributed by atoms with Gasteiger partial charge < -0.3 is 9.80 Å². The zero-order valence-electron chi connectivity index (χ0n) is 15.7. The minimum absolute atomic E-state index is 0.0185. The summed E-state index contributed by atoms with van der Waals surface area (Å²) in [6.45, 7) is 3.15. The Hall–Kier alpha value is -2.98. The molecule has 4 rings (SSSR count). The van der Waals surface area contributed by atoms with Crippen molar-refractivity contribution in [2.45, 2.75) is 6.04 Å². The smallest absolute Gasteiger partial charge is 0.254 e. The molecular formula is C24H24FN2O+. The molecule has 0 bridgehead atoms. The first-order chi connectivity index (χ1) is 13.7. The number of halogens is 1. The van der Waals surface area contributed by atoms with Gasteiger partial charge in [-0.2, -0.15) is 0 Å². The predicted molar refractivity (Wildman–Crippen MR) is 108 cm³/mol. The third kappa shape index (κ3) is 3.97. The summed E-state index contributed by atoms with van der Waals surface area (Å²) in [6.07, 6.45) is 0. The Kier molecular flexibility index (Phi) is 5.49. The number of hydrogen-bond acceptors (Lipinski definition) is 1. The molecule has 1 N–H and O–H groups in total. The SMILES string of the molecule is O=C(c1ccc(F)cc1)N1CC[NH+](C(c2ccccc2)c2ccccc2)CC1. The van der Waals surface area contributed by atoms with Gasteiger partial charge in [0.2, 0.25) is 0 Å². The number of rotatable bonds is 4. The minimum atomic E-state index is -0.320. The van der Waals surface area contributed by atoms with Crippen LogP contribution in [0.2, 0.25) is 0 Å². The molecule has 1 aliphatic heterocycles. The summed E-state index contributed by atoms with van der Waals surface area (Å²) in [7, 11) is 0. The van der Waals surface area contributed by atoms with Crippen LogP contribution >= 0.6 is 0 Å². The van der Waals surface area contributed by atoms with Crippen molar-refractivity contribution in [1.29, 1.82) is 0 Å². The first-order valence-electron chi connectivity index (χ1n) is 9.72. The molecule has 0 radical (unpaired) electrons. The summed E-state index contributed by atoms with van der Waals surface area (Å²) in [5.41, 5.74) is 3.14. The number of hydrogen-bond donors (Lipinski definition) is 1. The molecule has 3 aromatic rings. The molecule has 0 saturated carbocycles. The number of carbonyl (C=O) groups excluding carboxylic acids is 1. The fraction of sp³-hybridized carbons (Fsp3) is 0.208. The molecule has 1 amide bonds. The molecule has 1 fully saturated rings. The lowest BCUT2D eigenvalue weighted by atomic mass is 9.96. The third-order valence-corrected chi connectivity index (χ3v) is 5.46. The van der Waals surface area contributed by atoms with Gasteiger partial charge in [-0.3, -0.25) is 4.79 Å². The minimum Gasteiger partial charge on any atom is -0.327 e. The maximum Gasteiger partial charge on any atom is 0.254 e. The molecular weight excluding hydrogens is 351 g/mol. The number of amides is 1. The molecule has 142 valence electrons. The van der Waals surface area contributed by atoms with Gasteiger partial charge in [-0.15, -0.1) is 0 Å². The third-order valence-electron chi connectivity index (χ3n) is 5.46. The zero-order valence-corrected chi connectivity index (χ0v) is 15.7. The zero-order chi connectivity index (χ0) is 19.3. The Morgan fingerprint density at radius 3 is 1.79 bits per heavy atom. The van der Waals surface area contributed by atoms with Crippen molar-refractivity contribution < 1.29 is 14.1 Å². The maximum absolute atomic E-state index is 13.1. The number of piperazine rings is 1. The highest BCUT2D eigenvalue weighted by atomic mass is 19.1. The van der Waals surface area contributed by atoms with E-state index in [0.29, 0.717) is 18.7 Å². The van der Waals surface area contributed by atoms with E-state index in [1.54, 1.807) is 12.1 Å². The van der Waals surface area contributed by atoms with Crippen LogP contribution in [-0.2, 0) is 0 Å². The van der Waals surface area contributed by atoms with Gasteiger partial charge in [-0.1, -0.05) is 60.7 Å². The Balaban J connectivity index is 1.50. The van der Waals surface area contributed by atoms with E-state index in [2.05, 4.69) is 48.5 Å². The van der Waals surface area contributed by atoms with Crippen molar-refractivity contribution >= 4 is 5.91 Å². The number of nitrogens with zero attached hydrogens (tertiary/aromatic N) is 1. The first kappa shape index (κ1) is 18.4. The first-order valence-corrected chi connectivity index (χ1v) is 9.72. The van der Waals surface area contributed by atoms with Crippen LogP contribution in [0.15, 0.2) is 84.9 Å². The molecule has 1 heterocycles. The number of nitrogens with one attached hydrogen (secondary N) is 1.